The van der Waals surface area contributed by atoms with Crippen LogP contribution in [0.3, 0.4) is 0 Å². The molecule has 0 aliphatic rings. The number of nitrogens with two attached hydrogens (primary N) is 1. The number of aryl methyl sites for hydroxylation is 1. The average molecular weight is 288 g/mol. The molecule has 0 fully saturated rings. The van der Waals surface area contributed by atoms with Crippen molar-refractivity contribution in [3.05, 3.63) is 51.5 Å². The molecule has 20 heavy (non-hydrogen) atoms. The first-order chi connectivity index (χ1) is 9.40. The standard InChI is InChI=1S/C17H24N2S/c1-12-11-20-16(19-12)14(10-18)9-13-5-7-15(8-6-13)17(2,3)4/h5-8,11,14H,9-10,18H2,1-4H3. The minimum atomic E-state index is 0.207. The maximum absolute atomic E-state index is 5.93. The molecule has 0 saturated carbocycles. The van der Waals surface area contributed by atoms with Gasteiger partial charge in [0.15, 0.2) is 0 Å². The fourth-order valence-corrected chi connectivity index (χ4v) is 3.17. The molecule has 0 bridgehead atoms. The van der Waals surface area contributed by atoms with E-state index in [0.29, 0.717) is 12.5 Å². The molecule has 2 rings (SSSR count). The number of thiazole rings is 1. The second-order valence-electron chi connectivity index (χ2n) is 6.41. The summed E-state index contributed by atoms with van der Waals surface area (Å²) in [5, 5.41) is 3.26. The molecular weight excluding hydrogens is 264 g/mol. The van der Waals surface area contributed by atoms with E-state index in [2.05, 4.69) is 55.4 Å². The van der Waals surface area contributed by atoms with Gasteiger partial charge in [0.05, 0.1) is 5.01 Å². The topological polar surface area (TPSA) is 38.9 Å². The Morgan fingerprint density at radius 3 is 2.30 bits per heavy atom. The normalized spacial score (nSPS) is 13.4. The lowest BCUT2D eigenvalue weighted by molar-refractivity contribution is 0.589. The third-order valence-corrected chi connectivity index (χ3v) is 4.70. The van der Waals surface area contributed by atoms with Gasteiger partial charge >= 0.3 is 0 Å². The predicted octanol–water partition coefficient (Wildman–Crippen LogP) is 4.03. The van der Waals surface area contributed by atoms with Crippen molar-refractivity contribution in [2.45, 2.75) is 45.4 Å². The van der Waals surface area contributed by atoms with Crippen LogP contribution in [0.4, 0.5) is 0 Å². The van der Waals surface area contributed by atoms with E-state index in [-0.39, 0.29) is 5.41 Å². The maximum Gasteiger partial charge on any atom is 0.0975 e. The summed E-state index contributed by atoms with van der Waals surface area (Å²) in [4.78, 5) is 4.57. The highest BCUT2D eigenvalue weighted by Gasteiger charge is 2.16. The Balaban J connectivity index is 2.12. The first kappa shape index (κ1) is 15.2. The monoisotopic (exact) mass is 288 g/mol. The zero-order chi connectivity index (χ0) is 14.8. The summed E-state index contributed by atoms with van der Waals surface area (Å²) in [7, 11) is 0. The van der Waals surface area contributed by atoms with Crippen molar-refractivity contribution in [3.8, 4) is 0 Å². The predicted molar refractivity (Wildman–Crippen MR) is 87.5 cm³/mol. The van der Waals surface area contributed by atoms with E-state index in [1.165, 1.54) is 11.1 Å². The van der Waals surface area contributed by atoms with Crippen molar-refractivity contribution in [2.75, 3.05) is 6.54 Å². The van der Waals surface area contributed by atoms with Crippen molar-refractivity contribution in [1.29, 1.82) is 0 Å². The van der Waals surface area contributed by atoms with Gasteiger partial charge in [-0.05, 0) is 29.9 Å². The molecule has 0 saturated heterocycles. The lowest BCUT2D eigenvalue weighted by Gasteiger charge is -2.19. The van der Waals surface area contributed by atoms with E-state index < -0.39 is 0 Å². The van der Waals surface area contributed by atoms with Gasteiger partial charge in [-0.25, -0.2) is 4.98 Å². The number of hydrogen-bond acceptors (Lipinski definition) is 3. The molecule has 0 aliphatic carbocycles. The summed E-state index contributed by atoms with van der Waals surface area (Å²) in [6.45, 7) is 9.40. The van der Waals surface area contributed by atoms with Gasteiger partial charge < -0.3 is 5.73 Å². The molecule has 2 aromatic rings. The lowest BCUT2D eigenvalue weighted by Crippen LogP contribution is -2.15. The Labute approximate surface area is 126 Å². The maximum atomic E-state index is 5.93. The van der Waals surface area contributed by atoms with Gasteiger partial charge in [-0.3, -0.25) is 0 Å². The zero-order valence-electron chi connectivity index (χ0n) is 12.8. The van der Waals surface area contributed by atoms with Gasteiger partial charge in [-0.15, -0.1) is 11.3 Å². The summed E-state index contributed by atoms with van der Waals surface area (Å²) in [5.41, 5.74) is 9.93. The molecule has 0 amide bonds. The van der Waals surface area contributed by atoms with Crippen LogP contribution in [0.5, 0.6) is 0 Å². The second-order valence-corrected chi connectivity index (χ2v) is 7.30. The Bertz CT molecular complexity index is 549. The molecule has 0 spiro atoms. The van der Waals surface area contributed by atoms with Gasteiger partial charge in [0, 0.05) is 23.5 Å². The van der Waals surface area contributed by atoms with Crippen LogP contribution in [0.1, 0.15) is 48.5 Å². The molecule has 0 radical (unpaired) electrons. The first-order valence-electron chi connectivity index (χ1n) is 7.11. The van der Waals surface area contributed by atoms with E-state index in [4.69, 9.17) is 5.73 Å². The molecule has 2 nitrogen and oxygen atoms in total. The first-order valence-corrected chi connectivity index (χ1v) is 7.99. The van der Waals surface area contributed by atoms with Crippen molar-refractivity contribution >= 4 is 11.3 Å². The zero-order valence-corrected chi connectivity index (χ0v) is 13.6. The van der Waals surface area contributed by atoms with Crippen molar-refractivity contribution < 1.29 is 0 Å². The van der Waals surface area contributed by atoms with E-state index in [0.717, 1.165) is 17.1 Å². The SMILES string of the molecule is Cc1csc(C(CN)Cc2ccc(C(C)(C)C)cc2)n1. The van der Waals surface area contributed by atoms with Crippen LogP contribution in [0.2, 0.25) is 0 Å². The van der Waals surface area contributed by atoms with Crippen LogP contribution in [-0.2, 0) is 11.8 Å². The quantitative estimate of drug-likeness (QED) is 0.922. The molecule has 1 heterocycles. The minimum Gasteiger partial charge on any atom is -0.330 e. The minimum absolute atomic E-state index is 0.207. The van der Waals surface area contributed by atoms with Gasteiger partial charge in [-0.2, -0.15) is 0 Å². The molecule has 1 aromatic carbocycles. The number of benzene rings is 1. The molecule has 0 aliphatic heterocycles. The molecule has 3 heteroatoms. The number of nitrogens with zero attached hydrogens (tertiary/aromatic N) is 1. The number of rotatable bonds is 4. The molecule has 108 valence electrons. The van der Waals surface area contributed by atoms with E-state index in [9.17, 15) is 0 Å². The Morgan fingerprint density at radius 1 is 1.20 bits per heavy atom. The van der Waals surface area contributed by atoms with Gasteiger partial charge in [0.1, 0.15) is 0 Å². The van der Waals surface area contributed by atoms with Gasteiger partial charge in [0.2, 0.25) is 0 Å². The summed E-state index contributed by atoms with van der Waals surface area (Å²) in [5.74, 6) is 0.328. The van der Waals surface area contributed by atoms with Crippen LogP contribution in [-0.4, -0.2) is 11.5 Å². The van der Waals surface area contributed by atoms with E-state index in [1.807, 2.05) is 6.92 Å². The third kappa shape index (κ3) is 3.68. The van der Waals surface area contributed by atoms with Crippen LogP contribution < -0.4 is 5.73 Å². The van der Waals surface area contributed by atoms with Crippen LogP contribution in [0, 0.1) is 6.92 Å². The van der Waals surface area contributed by atoms with Crippen LogP contribution in [0.25, 0.3) is 0 Å². The van der Waals surface area contributed by atoms with Crippen molar-refractivity contribution in [2.24, 2.45) is 5.73 Å². The molecule has 1 unspecified atom stereocenters. The highest BCUT2D eigenvalue weighted by Crippen LogP contribution is 2.26. The van der Waals surface area contributed by atoms with Crippen LogP contribution >= 0.6 is 11.3 Å². The smallest absolute Gasteiger partial charge is 0.0975 e. The molecule has 1 aromatic heterocycles. The largest absolute Gasteiger partial charge is 0.330 e. The summed E-state index contributed by atoms with van der Waals surface area (Å²) in [6, 6.07) is 8.92. The van der Waals surface area contributed by atoms with E-state index >= 15 is 0 Å². The van der Waals surface area contributed by atoms with Crippen molar-refractivity contribution in [1.82, 2.24) is 4.98 Å². The van der Waals surface area contributed by atoms with Gasteiger partial charge in [-0.1, -0.05) is 45.0 Å². The third-order valence-electron chi connectivity index (χ3n) is 3.57. The fraction of sp³-hybridized carbons (Fsp3) is 0.471. The van der Waals surface area contributed by atoms with Crippen LogP contribution in [0.15, 0.2) is 29.6 Å². The lowest BCUT2D eigenvalue weighted by atomic mass is 9.86. The average Bonchev–Trinajstić information content (AvgIpc) is 2.82. The molecule has 2 N–H and O–H groups in total. The highest BCUT2D eigenvalue weighted by atomic mass is 32.1. The Morgan fingerprint density at radius 2 is 1.85 bits per heavy atom. The number of aromatic nitrogens is 1. The number of hydrogen-bond donors (Lipinski definition) is 1. The Hall–Kier alpha value is -1.19. The second kappa shape index (κ2) is 6.06. The van der Waals surface area contributed by atoms with Crippen molar-refractivity contribution in [3.63, 3.8) is 0 Å². The summed E-state index contributed by atoms with van der Waals surface area (Å²) < 4.78 is 0. The summed E-state index contributed by atoms with van der Waals surface area (Å²) in [6.07, 6.45) is 0.966. The molecule has 1 atom stereocenters. The summed E-state index contributed by atoms with van der Waals surface area (Å²) >= 11 is 1.72. The molecular formula is C17H24N2S. The van der Waals surface area contributed by atoms with E-state index in [1.54, 1.807) is 11.3 Å². The fourth-order valence-electron chi connectivity index (χ4n) is 2.26. The highest BCUT2D eigenvalue weighted by molar-refractivity contribution is 7.09. The Kier molecular flexibility index (Phi) is 4.61. The van der Waals surface area contributed by atoms with Gasteiger partial charge in [0.25, 0.3) is 0 Å².